The third kappa shape index (κ3) is 2.84. The fourth-order valence-corrected chi connectivity index (χ4v) is 1.63. The van der Waals surface area contributed by atoms with Gasteiger partial charge in [-0.15, -0.1) is 0 Å². The standard InChI is InChI=1S/C8H12F3N3O2/c9-8(10,11)5-2-1-3-14(4-5)7(16)6(15)13-12/h5H,1-4,12H2,(H,13,15). The fourth-order valence-electron chi connectivity index (χ4n) is 1.63. The molecule has 1 unspecified atom stereocenters. The second kappa shape index (κ2) is 4.69. The molecular formula is C8H12F3N3O2. The highest BCUT2D eigenvalue weighted by molar-refractivity contribution is 6.34. The molecule has 8 heteroatoms. The minimum absolute atomic E-state index is 0.0163. The maximum Gasteiger partial charge on any atom is 0.393 e. The van der Waals surface area contributed by atoms with Crippen LogP contribution in [0.2, 0.25) is 0 Å². The molecule has 0 spiro atoms. The number of alkyl halides is 3. The summed E-state index contributed by atoms with van der Waals surface area (Å²) in [7, 11) is 0. The number of nitrogens with zero attached hydrogens (tertiary/aromatic N) is 1. The predicted molar refractivity (Wildman–Crippen MR) is 47.7 cm³/mol. The Morgan fingerprint density at radius 2 is 2.00 bits per heavy atom. The van der Waals surface area contributed by atoms with Crippen molar-refractivity contribution in [1.29, 1.82) is 0 Å². The topological polar surface area (TPSA) is 75.4 Å². The van der Waals surface area contributed by atoms with E-state index in [-0.39, 0.29) is 19.4 Å². The Morgan fingerprint density at radius 3 is 2.50 bits per heavy atom. The lowest BCUT2D eigenvalue weighted by Crippen LogP contribution is -2.50. The van der Waals surface area contributed by atoms with Gasteiger partial charge in [0.1, 0.15) is 0 Å². The van der Waals surface area contributed by atoms with Gasteiger partial charge in [0, 0.05) is 13.1 Å². The molecule has 0 aromatic carbocycles. The van der Waals surface area contributed by atoms with Crippen molar-refractivity contribution in [2.45, 2.75) is 19.0 Å². The average molecular weight is 239 g/mol. The number of hydrazine groups is 1. The van der Waals surface area contributed by atoms with Crippen LogP contribution in [0.15, 0.2) is 0 Å². The first kappa shape index (κ1) is 12.8. The van der Waals surface area contributed by atoms with Crippen molar-refractivity contribution in [2.24, 2.45) is 11.8 Å². The molecule has 16 heavy (non-hydrogen) atoms. The number of piperidine rings is 1. The molecule has 92 valence electrons. The SMILES string of the molecule is NNC(=O)C(=O)N1CCCC(C(F)(F)F)C1. The summed E-state index contributed by atoms with van der Waals surface area (Å²) in [5.41, 5.74) is 1.60. The zero-order valence-corrected chi connectivity index (χ0v) is 8.38. The molecule has 1 aliphatic heterocycles. The van der Waals surface area contributed by atoms with E-state index in [1.165, 1.54) is 0 Å². The van der Waals surface area contributed by atoms with Crippen LogP contribution < -0.4 is 11.3 Å². The first-order valence-electron chi connectivity index (χ1n) is 4.73. The molecule has 1 aliphatic rings. The minimum atomic E-state index is -4.34. The molecule has 2 amide bonds. The lowest BCUT2D eigenvalue weighted by molar-refractivity contribution is -0.188. The van der Waals surface area contributed by atoms with Crippen LogP contribution in [0.1, 0.15) is 12.8 Å². The van der Waals surface area contributed by atoms with Crippen molar-refractivity contribution < 1.29 is 22.8 Å². The normalized spacial score (nSPS) is 21.8. The van der Waals surface area contributed by atoms with Gasteiger partial charge in [0.05, 0.1) is 5.92 Å². The number of carbonyl (C=O) groups is 2. The largest absolute Gasteiger partial charge is 0.393 e. The van der Waals surface area contributed by atoms with Crippen LogP contribution in [0.25, 0.3) is 0 Å². The van der Waals surface area contributed by atoms with Crippen LogP contribution in [-0.2, 0) is 9.59 Å². The molecule has 0 aromatic rings. The smallest absolute Gasteiger partial charge is 0.334 e. The fraction of sp³-hybridized carbons (Fsp3) is 0.750. The zero-order valence-electron chi connectivity index (χ0n) is 8.38. The maximum absolute atomic E-state index is 12.4. The first-order valence-corrected chi connectivity index (χ1v) is 4.73. The molecule has 1 atom stereocenters. The predicted octanol–water partition coefficient (Wildman–Crippen LogP) is -0.223. The van der Waals surface area contributed by atoms with E-state index in [4.69, 9.17) is 5.84 Å². The molecule has 0 radical (unpaired) electrons. The van der Waals surface area contributed by atoms with E-state index in [9.17, 15) is 22.8 Å². The number of halogens is 3. The monoisotopic (exact) mass is 239 g/mol. The highest BCUT2D eigenvalue weighted by atomic mass is 19.4. The van der Waals surface area contributed by atoms with Crippen molar-refractivity contribution in [3.8, 4) is 0 Å². The summed E-state index contributed by atoms with van der Waals surface area (Å²) in [6.07, 6.45) is -4.12. The highest BCUT2D eigenvalue weighted by Crippen LogP contribution is 2.32. The molecule has 5 nitrogen and oxygen atoms in total. The van der Waals surface area contributed by atoms with Crippen LogP contribution in [0.4, 0.5) is 13.2 Å². The Labute approximate surface area is 89.7 Å². The molecular weight excluding hydrogens is 227 g/mol. The molecule has 1 heterocycles. The van der Waals surface area contributed by atoms with Gasteiger partial charge in [-0.05, 0) is 12.8 Å². The summed E-state index contributed by atoms with van der Waals surface area (Å²) in [5, 5.41) is 0. The number of nitrogens with one attached hydrogen (secondary N) is 1. The van der Waals surface area contributed by atoms with Gasteiger partial charge >= 0.3 is 18.0 Å². The van der Waals surface area contributed by atoms with E-state index in [1.807, 2.05) is 0 Å². The van der Waals surface area contributed by atoms with Gasteiger partial charge in [-0.2, -0.15) is 13.2 Å². The molecule has 0 aromatic heterocycles. The zero-order chi connectivity index (χ0) is 12.3. The molecule has 1 saturated heterocycles. The number of carbonyl (C=O) groups excluding carboxylic acids is 2. The Balaban J connectivity index is 2.64. The summed E-state index contributed by atoms with van der Waals surface area (Å²) in [6, 6.07) is 0. The van der Waals surface area contributed by atoms with Crippen molar-refractivity contribution in [3.63, 3.8) is 0 Å². The van der Waals surface area contributed by atoms with Gasteiger partial charge in [0.25, 0.3) is 0 Å². The molecule has 3 N–H and O–H groups in total. The van der Waals surface area contributed by atoms with Crippen LogP contribution >= 0.6 is 0 Å². The lowest BCUT2D eigenvalue weighted by atomic mass is 9.97. The number of nitrogens with two attached hydrogens (primary N) is 1. The number of hydrogen-bond acceptors (Lipinski definition) is 3. The van der Waals surface area contributed by atoms with E-state index in [0.29, 0.717) is 0 Å². The van der Waals surface area contributed by atoms with E-state index in [0.717, 1.165) is 4.90 Å². The Kier molecular flexibility index (Phi) is 3.74. The number of amides is 2. The van der Waals surface area contributed by atoms with Gasteiger partial charge in [-0.1, -0.05) is 0 Å². The molecule has 0 aliphatic carbocycles. The summed E-state index contributed by atoms with van der Waals surface area (Å²) in [5.74, 6) is 1.06. The average Bonchev–Trinajstić information content (AvgIpc) is 2.26. The summed E-state index contributed by atoms with van der Waals surface area (Å²) < 4.78 is 37.2. The van der Waals surface area contributed by atoms with Crippen LogP contribution in [0.3, 0.4) is 0 Å². The molecule has 1 fully saturated rings. The highest BCUT2D eigenvalue weighted by Gasteiger charge is 2.43. The first-order chi connectivity index (χ1) is 7.36. The molecule has 0 bridgehead atoms. The van der Waals surface area contributed by atoms with Crippen LogP contribution in [0, 0.1) is 5.92 Å². The van der Waals surface area contributed by atoms with Crippen molar-refractivity contribution in [3.05, 3.63) is 0 Å². The second-order valence-corrected chi connectivity index (χ2v) is 3.61. The number of likely N-dealkylation sites (tertiary alicyclic amines) is 1. The Morgan fingerprint density at radius 1 is 1.38 bits per heavy atom. The van der Waals surface area contributed by atoms with Crippen molar-refractivity contribution in [2.75, 3.05) is 13.1 Å². The summed E-state index contributed by atoms with van der Waals surface area (Å²) >= 11 is 0. The number of rotatable bonds is 0. The summed E-state index contributed by atoms with van der Waals surface area (Å²) in [6.45, 7) is -0.325. The molecule has 0 saturated carbocycles. The van der Waals surface area contributed by atoms with E-state index in [1.54, 1.807) is 5.43 Å². The van der Waals surface area contributed by atoms with Gasteiger partial charge in [-0.3, -0.25) is 15.0 Å². The van der Waals surface area contributed by atoms with E-state index < -0.39 is 30.5 Å². The number of hydrogen-bond donors (Lipinski definition) is 2. The van der Waals surface area contributed by atoms with Crippen LogP contribution in [-0.4, -0.2) is 36.0 Å². The minimum Gasteiger partial charge on any atom is -0.334 e. The van der Waals surface area contributed by atoms with Crippen molar-refractivity contribution in [1.82, 2.24) is 10.3 Å². The lowest BCUT2D eigenvalue weighted by Gasteiger charge is -2.33. The third-order valence-electron chi connectivity index (χ3n) is 2.50. The second-order valence-electron chi connectivity index (χ2n) is 3.61. The summed E-state index contributed by atoms with van der Waals surface area (Å²) in [4.78, 5) is 23.0. The van der Waals surface area contributed by atoms with E-state index in [2.05, 4.69) is 0 Å². The van der Waals surface area contributed by atoms with Gasteiger partial charge < -0.3 is 4.90 Å². The van der Waals surface area contributed by atoms with Gasteiger partial charge in [0.2, 0.25) is 0 Å². The Bertz CT molecular complexity index is 293. The van der Waals surface area contributed by atoms with Crippen LogP contribution in [0.5, 0.6) is 0 Å². The van der Waals surface area contributed by atoms with Gasteiger partial charge in [-0.25, -0.2) is 5.84 Å². The third-order valence-corrected chi connectivity index (χ3v) is 2.50. The quantitative estimate of drug-likeness (QED) is 0.265. The van der Waals surface area contributed by atoms with E-state index >= 15 is 0 Å². The maximum atomic E-state index is 12.4. The Hall–Kier alpha value is -1.31. The molecule has 1 rings (SSSR count). The van der Waals surface area contributed by atoms with Gasteiger partial charge in [0.15, 0.2) is 0 Å². The van der Waals surface area contributed by atoms with Crippen molar-refractivity contribution >= 4 is 11.8 Å².